The highest BCUT2D eigenvalue weighted by Crippen LogP contribution is 2.29. The molecule has 1 aliphatic rings. The Labute approximate surface area is 145 Å². The number of carbonyl (C=O) groups is 1. The van der Waals surface area contributed by atoms with Gasteiger partial charge in [-0.2, -0.15) is 0 Å². The van der Waals surface area contributed by atoms with Crippen molar-refractivity contribution in [2.24, 2.45) is 0 Å². The number of aryl methyl sites for hydroxylation is 2. The van der Waals surface area contributed by atoms with Crippen LogP contribution in [0.1, 0.15) is 48.9 Å². The van der Waals surface area contributed by atoms with E-state index in [0.29, 0.717) is 18.9 Å². The lowest BCUT2D eigenvalue weighted by molar-refractivity contribution is -0.128. The number of rotatable bonds is 7. The minimum absolute atomic E-state index is 0.132. The van der Waals surface area contributed by atoms with Crippen molar-refractivity contribution in [1.82, 2.24) is 19.8 Å². The fourth-order valence-electron chi connectivity index (χ4n) is 3.21. The van der Waals surface area contributed by atoms with Crippen LogP contribution >= 0.6 is 0 Å². The summed E-state index contributed by atoms with van der Waals surface area (Å²) in [6.45, 7) is 4.69. The molecule has 0 saturated carbocycles. The summed E-state index contributed by atoms with van der Waals surface area (Å²) in [7, 11) is 5.32. The van der Waals surface area contributed by atoms with Crippen molar-refractivity contribution in [3.8, 4) is 0 Å². The Morgan fingerprint density at radius 2 is 2.17 bits per heavy atom. The number of carbonyl (C=O) groups excluding carboxylic acids is 1. The van der Waals surface area contributed by atoms with Crippen molar-refractivity contribution in [1.29, 1.82) is 0 Å². The maximum absolute atomic E-state index is 11.8. The normalized spacial score (nSPS) is 18.6. The van der Waals surface area contributed by atoms with Crippen LogP contribution in [0.2, 0.25) is 0 Å². The monoisotopic (exact) mass is 334 g/mol. The average Bonchev–Trinajstić information content (AvgIpc) is 2.57. The number of aromatic nitrogens is 2. The van der Waals surface area contributed by atoms with Crippen LogP contribution in [0.5, 0.6) is 0 Å². The van der Waals surface area contributed by atoms with Crippen molar-refractivity contribution in [3.05, 3.63) is 23.3 Å². The molecule has 1 fully saturated rings. The quantitative estimate of drug-likeness (QED) is 0.763. The number of amides is 1. The summed E-state index contributed by atoms with van der Waals surface area (Å²) in [6.07, 6.45) is 4.73. The van der Waals surface area contributed by atoms with E-state index in [0.717, 1.165) is 43.3 Å². The third-order valence-electron chi connectivity index (χ3n) is 4.54. The summed E-state index contributed by atoms with van der Waals surface area (Å²) in [6, 6.07) is 2.42. The van der Waals surface area contributed by atoms with Crippen molar-refractivity contribution >= 4 is 5.91 Å². The van der Waals surface area contributed by atoms with E-state index in [1.165, 1.54) is 12.8 Å². The molecule has 2 heterocycles. The molecule has 1 unspecified atom stereocenters. The molecule has 1 saturated heterocycles. The lowest BCUT2D eigenvalue weighted by atomic mass is 9.98. The molecule has 0 aliphatic carbocycles. The van der Waals surface area contributed by atoms with Crippen LogP contribution in [-0.4, -0.2) is 66.6 Å². The fraction of sp³-hybridized carbons (Fsp3) is 0.722. The predicted octanol–water partition coefficient (Wildman–Crippen LogP) is 1.98. The first kappa shape index (κ1) is 18.8. The highest BCUT2D eigenvalue weighted by Gasteiger charge is 2.25. The highest BCUT2D eigenvalue weighted by molar-refractivity contribution is 5.75. The number of hydrogen-bond acceptors (Lipinski definition) is 5. The van der Waals surface area contributed by atoms with Crippen molar-refractivity contribution in [2.45, 2.75) is 45.1 Å². The summed E-state index contributed by atoms with van der Waals surface area (Å²) >= 11 is 0. The maximum atomic E-state index is 11.8. The van der Waals surface area contributed by atoms with Crippen LogP contribution in [0.4, 0.5) is 0 Å². The second kappa shape index (κ2) is 9.08. The second-order valence-electron chi connectivity index (χ2n) is 6.66. The first-order chi connectivity index (χ1) is 11.5. The molecule has 1 atom stereocenters. The van der Waals surface area contributed by atoms with Gasteiger partial charge in [-0.3, -0.25) is 9.69 Å². The van der Waals surface area contributed by atoms with Crippen molar-refractivity contribution in [3.63, 3.8) is 0 Å². The Balaban J connectivity index is 2.12. The van der Waals surface area contributed by atoms with Gasteiger partial charge >= 0.3 is 0 Å². The van der Waals surface area contributed by atoms with E-state index < -0.39 is 0 Å². The SMILES string of the molecule is COCCN1CCCCC1c1cc(CCC(=O)N(C)C)nc(C)n1. The van der Waals surface area contributed by atoms with E-state index >= 15 is 0 Å². The van der Waals surface area contributed by atoms with Gasteiger partial charge in [0.25, 0.3) is 0 Å². The Kier molecular flexibility index (Phi) is 7.12. The zero-order valence-corrected chi connectivity index (χ0v) is 15.4. The highest BCUT2D eigenvalue weighted by atomic mass is 16.5. The molecule has 0 spiro atoms. The molecular weight excluding hydrogens is 304 g/mol. The van der Waals surface area contributed by atoms with Gasteiger partial charge in [-0.15, -0.1) is 0 Å². The van der Waals surface area contributed by atoms with E-state index in [1.54, 1.807) is 26.1 Å². The minimum Gasteiger partial charge on any atom is -0.383 e. The number of ether oxygens (including phenoxy) is 1. The molecule has 6 nitrogen and oxygen atoms in total. The number of likely N-dealkylation sites (tertiary alicyclic amines) is 1. The molecule has 1 aliphatic heterocycles. The number of nitrogens with zero attached hydrogens (tertiary/aromatic N) is 4. The molecule has 0 aromatic carbocycles. The van der Waals surface area contributed by atoms with Crippen LogP contribution in [0.3, 0.4) is 0 Å². The van der Waals surface area contributed by atoms with Crippen molar-refractivity contribution < 1.29 is 9.53 Å². The van der Waals surface area contributed by atoms with Gasteiger partial charge in [0.2, 0.25) is 5.91 Å². The molecule has 1 aromatic rings. The van der Waals surface area contributed by atoms with Crippen molar-refractivity contribution in [2.75, 3.05) is 40.9 Å². The zero-order chi connectivity index (χ0) is 17.5. The molecule has 0 radical (unpaired) electrons. The van der Waals surface area contributed by atoms with E-state index in [2.05, 4.69) is 20.9 Å². The molecule has 134 valence electrons. The maximum Gasteiger partial charge on any atom is 0.222 e. The largest absolute Gasteiger partial charge is 0.383 e. The molecule has 1 amide bonds. The summed E-state index contributed by atoms with van der Waals surface area (Å²) in [5.74, 6) is 0.921. The summed E-state index contributed by atoms with van der Waals surface area (Å²) in [5.41, 5.74) is 2.05. The Hall–Kier alpha value is -1.53. The smallest absolute Gasteiger partial charge is 0.222 e. The zero-order valence-electron chi connectivity index (χ0n) is 15.4. The molecular formula is C18H30N4O2. The Bertz CT molecular complexity index is 548. The molecule has 0 bridgehead atoms. The van der Waals surface area contributed by atoms with Gasteiger partial charge in [0, 0.05) is 39.9 Å². The standard InChI is InChI=1S/C18H30N4O2/c1-14-19-15(8-9-18(23)21(2)3)13-16(20-14)17-7-5-6-10-22(17)11-12-24-4/h13,17H,5-12H2,1-4H3. The van der Waals surface area contributed by atoms with Crippen LogP contribution in [0.15, 0.2) is 6.07 Å². The summed E-state index contributed by atoms with van der Waals surface area (Å²) < 4.78 is 5.25. The fourth-order valence-corrected chi connectivity index (χ4v) is 3.21. The predicted molar refractivity (Wildman–Crippen MR) is 93.8 cm³/mol. The molecule has 24 heavy (non-hydrogen) atoms. The molecule has 1 aromatic heterocycles. The number of methoxy groups -OCH3 is 1. The van der Waals surface area contributed by atoms with Gasteiger partial charge in [-0.05, 0) is 38.8 Å². The van der Waals surface area contributed by atoms with Crippen LogP contribution in [0.25, 0.3) is 0 Å². The van der Waals surface area contributed by atoms with E-state index in [-0.39, 0.29) is 5.91 Å². The third-order valence-corrected chi connectivity index (χ3v) is 4.54. The van der Waals surface area contributed by atoms with Gasteiger partial charge in [-0.25, -0.2) is 9.97 Å². The van der Waals surface area contributed by atoms with Gasteiger partial charge < -0.3 is 9.64 Å². The Morgan fingerprint density at radius 1 is 1.38 bits per heavy atom. The molecule has 6 heteroatoms. The Morgan fingerprint density at radius 3 is 2.88 bits per heavy atom. The van der Waals surface area contributed by atoms with Gasteiger partial charge in [0.05, 0.1) is 18.3 Å². The number of piperidine rings is 1. The third kappa shape index (κ3) is 5.24. The minimum atomic E-state index is 0.132. The molecule has 0 N–H and O–H groups in total. The van der Waals surface area contributed by atoms with E-state index in [1.807, 2.05) is 6.92 Å². The van der Waals surface area contributed by atoms with Crippen LogP contribution < -0.4 is 0 Å². The van der Waals surface area contributed by atoms with Crippen LogP contribution in [0, 0.1) is 6.92 Å². The van der Waals surface area contributed by atoms with E-state index in [9.17, 15) is 4.79 Å². The average molecular weight is 334 g/mol. The van der Waals surface area contributed by atoms with Gasteiger partial charge in [0.1, 0.15) is 5.82 Å². The first-order valence-electron chi connectivity index (χ1n) is 8.79. The number of hydrogen-bond donors (Lipinski definition) is 0. The summed E-state index contributed by atoms with van der Waals surface area (Å²) in [5, 5.41) is 0. The van der Waals surface area contributed by atoms with Crippen LogP contribution in [-0.2, 0) is 16.0 Å². The lowest BCUT2D eigenvalue weighted by Gasteiger charge is -2.35. The van der Waals surface area contributed by atoms with Gasteiger partial charge in [-0.1, -0.05) is 6.42 Å². The summed E-state index contributed by atoms with van der Waals surface area (Å²) in [4.78, 5) is 25.1. The first-order valence-corrected chi connectivity index (χ1v) is 8.79. The lowest BCUT2D eigenvalue weighted by Crippen LogP contribution is -2.36. The van der Waals surface area contributed by atoms with Gasteiger partial charge in [0.15, 0.2) is 0 Å². The molecule has 2 rings (SSSR count). The van der Waals surface area contributed by atoms with E-state index in [4.69, 9.17) is 4.74 Å². The topological polar surface area (TPSA) is 58.6 Å². The second-order valence-corrected chi connectivity index (χ2v) is 6.66.